The number of benzene rings is 1. The molecule has 7 nitrogen and oxygen atoms in total. The van der Waals surface area contributed by atoms with Crippen molar-refractivity contribution in [3.05, 3.63) is 40.6 Å². The molecule has 1 heterocycles. The van der Waals surface area contributed by atoms with Crippen molar-refractivity contribution in [3.8, 4) is 11.8 Å². The lowest BCUT2D eigenvalue weighted by molar-refractivity contribution is 0.268. The largest absolute Gasteiger partial charge is 0.496 e. The molecule has 0 unspecified atom stereocenters. The Morgan fingerprint density at radius 3 is 2.77 bits per heavy atom. The first-order valence-electron chi connectivity index (χ1n) is 8.59. The molecule has 0 fully saturated rings. The molecule has 0 aliphatic rings. The number of hydrogen-bond acceptors (Lipinski definition) is 7. The third-order valence-corrected chi connectivity index (χ3v) is 4.21. The van der Waals surface area contributed by atoms with E-state index in [0.29, 0.717) is 23.6 Å². The van der Waals surface area contributed by atoms with Gasteiger partial charge in [0.1, 0.15) is 11.6 Å². The minimum atomic E-state index is -0.102. The number of aryl methyl sites for hydroxylation is 1. The summed E-state index contributed by atoms with van der Waals surface area (Å²) in [5.41, 5.74) is 8.93. The maximum Gasteiger partial charge on any atom is 0.222 e. The fourth-order valence-corrected chi connectivity index (χ4v) is 2.85. The van der Waals surface area contributed by atoms with Gasteiger partial charge in [0, 0.05) is 17.7 Å². The van der Waals surface area contributed by atoms with Gasteiger partial charge in [-0.05, 0) is 31.0 Å². The number of rotatable bonds is 8. The smallest absolute Gasteiger partial charge is 0.222 e. The highest BCUT2D eigenvalue weighted by Crippen LogP contribution is 2.28. The second-order valence-electron chi connectivity index (χ2n) is 6.12. The molecule has 0 saturated carbocycles. The molecule has 1 atom stereocenters. The topological polar surface area (TPSA) is 117 Å². The number of anilines is 2. The summed E-state index contributed by atoms with van der Waals surface area (Å²) in [6.45, 7) is 3.95. The summed E-state index contributed by atoms with van der Waals surface area (Å²) in [7, 11) is 1.58. The Kier molecular flexibility index (Phi) is 6.75. The van der Waals surface area contributed by atoms with E-state index >= 15 is 0 Å². The zero-order chi connectivity index (χ0) is 19.1. The summed E-state index contributed by atoms with van der Waals surface area (Å²) < 4.78 is 5.43. The molecule has 0 bridgehead atoms. The number of nitrogens with one attached hydrogen (secondary N) is 1. The van der Waals surface area contributed by atoms with Crippen molar-refractivity contribution < 1.29 is 9.84 Å². The van der Waals surface area contributed by atoms with E-state index in [1.54, 1.807) is 19.2 Å². The number of aliphatic hydroxyl groups is 1. The molecule has 2 rings (SSSR count). The quantitative estimate of drug-likeness (QED) is 0.665. The molecule has 0 radical (unpaired) electrons. The molecule has 4 N–H and O–H groups in total. The first kappa shape index (κ1) is 19.5. The maximum atomic E-state index is 9.59. The number of nitriles is 1. The maximum absolute atomic E-state index is 9.59. The van der Waals surface area contributed by atoms with Crippen LogP contribution in [0.25, 0.3) is 0 Å². The third-order valence-electron chi connectivity index (χ3n) is 4.21. The van der Waals surface area contributed by atoms with Gasteiger partial charge in [0.15, 0.2) is 0 Å². The van der Waals surface area contributed by atoms with Gasteiger partial charge in [-0.3, -0.25) is 0 Å². The Bertz CT molecular complexity index is 801. The number of nitrogens with two attached hydrogens (primary N) is 1. The van der Waals surface area contributed by atoms with E-state index in [4.69, 9.17) is 15.7 Å². The van der Waals surface area contributed by atoms with Crippen LogP contribution in [0.4, 0.5) is 11.8 Å². The van der Waals surface area contributed by atoms with E-state index in [9.17, 15) is 5.11 Å². The van der Waals surface area contributed by atoms with Crippen LogP contribution >= 0.6 is 0 Å². The van der Waals surface area contributed by atoms with Crippen molar-refractivity contribution >= 4 is 11.8 Å². The van der Waals surface area contributed by atoms with Crippen molar-refractivity contribution in [2.75, 3.05) is 24.8 Å². The Hall–Kier alpha value is -2.85. The number of nitrogen functional groups attached to an aromatic ring is 1. The van der Waals surface area contributed by atoms with Crippen LogP contribution in [0, 0.1) is 18.3 Å². The van der Waals surface area contributed by atoms with Crippen molar-refractivity contribution in [1.82, 2.24) is 9.97 Å². The molecule has 0 amide bonds. The molecule has 1 aromatic heterocycles. The molecule has 0 aliphatic carbocycles. The lowest BCUT2D eigenvalue weighted by Gasteiger charge is -2.20. The molecule has 7 heteroatoms. The molecular weight excluding hydrogens is 330 g/mol. The van der Waals surface area contributed by atoms with Crippen molar-refractivity contribution in [2.24, 2.45) is 0 Å². The third kappa shape index (κ3) is 4.61. The fourth-order valence-electron chi connectivity index (χ4n) is 2.85. The van der Waals surface area contributed by atoms with Gasteiger partial charge < -0.3 is 20.9 Å². The van der Waals surface area contributed by atoms with Gasteiger partial charge in [0.25, 0.3) is 0 Å². The van der Waals surface area contributed by atoms with E-state index in [0.717, 1.165) is 29.7 Å². The normalized spacial score (nSPS) is 11.7. The van der Waals surface area contributed by atoms with Gasteiger partial charge in [0.05, 0.1) is 31.4 Å². The van der Waals surface area contributed by atoms with Crippen molar-refractivity contribution in [1.29, 1.82) is 5.26 Å². The van der Waals surface area contributed by atoms with Gasteiger partial charge in [-0.25, -0.2) is 4.98 Å². The lowest BCUT2D eigenvalue weighted by atomic mass is 10.0. The van der Waals surface area contributed by atoms with Crippen LogP contribution in [0.5, 0.6) is 5.75 Å². The van der Waals surface area contributed by atoms with Gasteiger partial charge in [0.2, 0.25) is 5.95 Å². The molecule has 2 aromatic rings. The first-order valence-corrected chi connectivity index (χ1v) is 8.59. The second kappa shape index (κ2) is 9.02. The molecular formula is C19H25N5O2. The minimum Gasteiger partial charge on any atom is -0.496 e. The first-order chi connectivity index (χ1) is 12.5. The highest BCUT2D eigenvalue weighted by atomic mass is 16.5. The van der Waals surface area contributed by atoms with Gasteiger partial charge in [-0.1, -0.05) is 19.4 Å². The van der Waals surface area contributed by atoms with Crippen LogP contribution in [-0.2, 0) is 6.42 Å². The molecule has 26 heavy (non-hydrogen) atoms. The summed E-state index contributed by atoms with van der Waals surface area (Å²) in [6, 6.07) is 7.34. The van der Waals surface area contributed by atoms with Gasteiger partial charge in [-0.2, -0.15) is 10.2 Å². The second-order valence-corrected chi connectivity index (χ2v) is 6.12. The number of aliphatic hydroxyl groups excluding tert-OH is 1. The predicted molar refractivity (Wildman–Crippen MR) is 101 cm³/mol. The predicted octanol–water partition coefficient (Wildman–Crippen LogP) is 2.41. The Labute approximate surface area is 153 Å². The lowest BCUT2D eigenvalue weighted by Crippen LogP contribution is -2.25. The molecule has 0 saturated heterocycles. The monoisotopic (exact) mass is 355 g/mol. The summed E-state index contributed by atoms with van der Waals surface area (Å²) in [5, 5.41) is 21.9. The van der Waals surface area contributed by atoms with Gasteiger partial charge in [-0.15, -0.1) is 0 Å². The summed E-state index contributed by atoms with van der Waals surface area (Å²) in [4.78, 5) is 8.61. The van der Waals surface area contributed by atoms with Gasteiger partial charge >= 0.3 is 0 Å². The Morgan fingerprint density at radius 2 is 2.15 bits per heavy atom. The summed E-state index contributed by atoms with van der Waals surface area (Å²) in [6.07, 6.45) is 2.28. The minimum absolute atomic E-state index is 0.0103. The zero-order valence-corrected chi connectivity index (χ0v) is 15.4. The highest BCUT2D eigenvalue weighted by molar-refractivity contribution is 5.54. The standard InChI is InChI=1S/C19H25N5O2/c1-4-5-15(11-25)23-18-16(12(2)22-19(21)24-18)9-14-7-6-13(10-20)8-17(14)26-3/h6-8,15,25H,4-5,9,11H2,1-3H3,(H3,21,22,23,24)/t15-/m0/s1. The highest BCUT2D eigenvalue weighted by Gasteiger charge is 2.17. The average molecular weight is 355 g/mol. The number of hydrogen-bond donors (Lipinski definition) is 3. The van der Waals surface area contributed by atoms with Crippen molar-refractivity contribution in [2.45, 2.75) is 39.2 Å². The fraction of sp³-hybridized carbons (Fsp3) is 0.421. The average Bonchev–Trinajstić information content (AvgIpc) is 2.64. The van der Waals surface area contributed by atoms with Crippen molar-refractivity contribution in [3.63, 3.8) is 0 Å². The number of ether oxygens (including phenoxy) is 1. The Morgan fingerprint density at radius 1 is 1.38 bits per heavy atom. The van der Waals surface area contributed by atoms with Crippen LogP contribution in [0.15, 0.2) is 18.2 Å². The molecule has 138 valence electrons. The number of aromatic nitrogens is 2. The van der Waals surface area contributed by atoms with E-state index < -0.39 is 0 Å². The van der Waals surface area contributed by atoms with E-state index in [1.165, 1.54) is 0 Å². The molecule has 1 aromatic carbocycles. The molecule has 0 aliphatic heterocycles. The Balaban J connectivity index is 2.41. The summed E-state index contributed by atoms with van der Waals surface area (Å²) >= 11 is 0. The van der Waals surface area contributed by atoms with E-state index in [1.807, 2.05) is 13.0 Å². The summed E-state index contributed by atoms with van der Waals surface area (Å²) in [5.74, 6) is 1.45. The van der Waals surface area contributed by atoms with Crippen LogP contribution in [0.2, 0.25) is 0 Å². The number of nitrogens with zero attached hydrogens (tertiary/aromatic N) is 3. The van der Waals surface area contributed by atoms with Crippen LogP contribution in [0.1, 0.15) is 42.1 Å². The van der Waals surface area contributed by atoms with Crippen LogP contribution < -0.4 is 15.8 Å². The van der Waals surface area contributed by atoms with E-state index in [2.05, 4.69) is 28.3 Å². The zero-order valence-electron chi connectivity index (χ0n) is 15.4. The SMILES string of the molecule is CCC[C@@H](CO)Nc1nc(N)nc(C)c1Cc1ccc(C#N)cc1OC. The number of methoxy groups -OCH3 is 1. The van der Waals surface area contributed by atoms with Crippen LogP contribution in [-0.4, -0.2) is 34.8 Å². The van der Waals surface area contributed by atoms with E-state index in [-0.39, 0.29) is 18.6 Å². The van der Waals surface area contributed by atoms with Crippen LogP contribution in [0.3, 0.4) is 0 Å². The molecule has 0 spiro atoms.